The van der Waals surface area contributed by atoms with E-state index in [4.69, 9.17) is 5.73 Å². The van der Waals surface area contributed by atoms with Crippen LogP contribution < -0.4 is 11.1 Å². The van der Waals surface area contributed by atoms with Crippen LogP contribution in [0, 0.1) is 17.5 Å². The molecule has 3 aromatic carbocycles. The van der Waals surface area contributed by atoms with Crippen molar-refractivity contribution in [2.45, 2.75) is 38.8 Å². The van der Waals surface area contributed by atoms with Crippen LogP contribution in [0.5, 0.6) is 0 Å². The van der Waals surface area contributed by atoms with Gasteiger partial charge in [0.2, 0.25) is 5.91 Å². The molecule has 5 rings (SSSR count). The maximum absolute atomic E-state index is 14.3. The number of amides is 2. The molecule has 224 valence electrons. The van der Waals surface area contributed by atoms with Gasteiger partial charge in [0, 0.05) is 30.1 Å². The number of halogens is 3. The number of hydrogen-bond donors (Lipinski definition) is 2. The van der Waals surface area contributed by atoms with Crippen molar-refractivity contribution in [1.82, 2.24) is 20.1 Å². The minimum Gasteiger partial charge on any atom is -0.366 e. The Balaban J connectivity index is 1.60. The van der Waals surface area contributed by atoms with E-state index in [1.807, 2.05) is 0 Å². The first kappa shape index (κ1) is 30.1. The summed E-state index contributed by atoms with van der Waals surface area (Å²) < 4.78 is 44.2. The van der Waals surface area contributed by atoms with Gasteiger partial charge in [-0.05, 0) is 60.4 Å². The Bertz CT molecular complexity index is 1890. The molecule has 0 bridgehead atoms. The smallest absolute Gasteiger partial charge is 0.251 e. The second-order valence-electron chi connectivity index (χ2n) is 10.3. The average Bonchev–Trinajstić information content (AvgIpc) is 3.37. The quantitative estimate of drug-likeness (QED) is 0.195. The fourth-order valence-corrected chi connectivity index (χ4v) is 5.33. The van der Waals surface area contributed by atoms with E-state index in [0.29, 0.717) is 34.1 Å². The molecule has 11 heteroatoms. The van der Waals surface area contributed by atoms with Gasteiger partial charge < -0.3 is 11.1 Å². The standard InChI is InChI=1S/C33H28F3N5O3/c1-3-28(41-29-9-5-4-7-24(29)30(40-41)18(2)42)33(44)39-27(15-19-13-21(34)17-22(35)14-19)31-23(8-6-12-38-31)20-10-11-26(36)25(16-20)32(37)43/h4-14,16-17,27-28H,3,15H2,1-2H3,(H2,37,43)(H,39,44)/t27-,28?/m0/s1. The third kappa shape index (κ3) is 6.07. The number of nitrogens with two attached hydrogens (primary N) is 1. The monoisotopic (exact) mass is 599 g/mol. The Morgan fingerprint density at radius 1 is 0.955 bits per heavy atom. The van der Waals surface area contributed by atoms with Crippen molar-refractivity contribution in [3.05, 3.63) is 119 Å². The summed E-state index contributed by atoms with van der Waals surface area (Å²) in [6.45, 7) is 3.19. The number of Topliss-reactive ketones (excluding diaryl/α,β-unsaturated/α-hetero) is 1. The number of pyridine rings is 1. The van der Waals surface area contributed by atoms with Gasteiger partial charge >= 0.3 is 0 Å². The molecule has 0 aliphatic carbocycles. The molecule has 0 radical (unpaired) electrons. The highest BCUT2D eigenvalue weighted by atomic mass is 19.1. The molecule has 2 amide bonds. The van der Waals surface area contributed by atoms with Gasteiger partial charge in [-0.2, -0.15) is 5.10 Å². The number of carbonyl (C=O) groups is 3. The van der Waals surface area contributed by atoms with Crippen LogP contribution in [-0.4, -0.2) is 32.4 Å². The number of nitrogens with one attached hydrogen (secondary N) is 1. The van der Waals surface area contributed by atoms with Crippen LogP contribution >= 0.6 is 0 Å². The fraction of sp³-hybridized carbons (Fsp3) is 0.182. The number of benzene rings is 3. The number of rotatable bonds is 10. The Morgan fingerprint density at radius 2 is 1.68 bits per heavy atom. The molecule has 0 spiro atoms. The molecule has 1 unspecified atom stereocenters. The topological polar surface area (TPSA) is 120 Å². The number of para-hydroxylation sites is 1. The van der Waals surface area contributed by atoms with Crippen LogP contribution in [0.1, 0.15) is 64.5 Å². The van der Waals surface area contributed by atoms with Crippen LogP contribution in [0.4, 0.5) is 13.2 Å². The third-order valence-electron chi connectivity index (χ3n) is 7.32. The summed E-state index contributed by atoms with van der Waals surface area (Å²) in [5.74, 6) is -4.07. The predicted molar refractivity (Wildman–Crippen MR) is 158 cm³/mol. The van der Waals surface area contributed by atoms with E-state index in [1.165, 1.54) is 29.9 Å². The fourth-order valence-electron chi connectivity index (χ4n) is 5.33. The molecule has 2 heterocycles. The molecule has 0 fully saturated rings. The van der Waals surface area contributed by atoms with Crippen molar-refractivity contribution in [2.75, 3.05) is 0 Å². The highest BCUT2D eigenvalue weighted by Gasteiger charge is 2.29. The number of carbonyl (C=O) groups excluding carboxylic acids is 3. The van der Waals surface area contributed by atoms with E-state index in [1.54, 1.807) is 43.3 Å². The molecule has 2 aromatic heterocycles. The van der Waals surface area contributed by atoms with Crippen LogP contribution in [0.25, 0.3) is 22.0 Å². The minimum absolute atomic E-state index is 0.0662. The highest BCUT2D eigenvalue weighted by Crippen LogP contribution is 2.31. The maximum atomic E-state index is 14.3. The molecular weight excluding hydrogens is 571 g/mol. The lowest BCUT2D eigenvalue weighted by atomic mass is 9.94. The van der Waals surface area contributed by atoms with E-state index in [9.17, 15) is 27.6 Å². The molecule has 0 saturated carbocycles. The number of aromatic nitrogens is 3. The largest absolute Gasteiger partial charge is 0.366 e. The van der Waals surface area contributed by atoms with Crippen molar-refractivity contribution < 1.29 is 27.6 Å². The average molecular weight is 600 g/mol. The first-order valence-electron chi connectivity index (χ1n) is 13.9. The maximum Gasteiger partial charge on any atom is 0.251 e. The molecule has 0 saturated heterocycles. The van der Waals surface area contributed by atoms with Crippen LogP contribution in [0.3, 0.4) is 0 Å². The lowest BCUT2D eigenvalue weighted by molar-refractivity contribution is -0.125. The minimum atomic E-state index is -0.961. The van der Waals surface area contributed by atoms with Gasteiger partial charge in [-0.3, -0.25) is 24.0 Å². The molecule has 8 nitrogen and oxygen atoms in total. The van der Waals surface area contributed by atoms with Gasteiger partial charge in [-0.25, -0.2) is 13.2 Å². The molecule has 3 N–H and O–H groups in total. The van der Waals surface area contributed by atoms with E-state index in [-0.39, 0.29) is 29.0 Å². The molecule has 2 atom stereocenters. The van der Waals surface area contributed by atoms with Gasteiger partial charge in [-0.1, -0.05) is 37.3 Å². The predicted octanol–water partition coefficient (Wildman–Crippen LogP) is 5.87. The summed E-state index contributed by atoms with van der Waals surface area (Å²) in [5, 5.41) is 8.06. The van der Waals surface area contributed by atoms with Gasteiger partial charge in [0.25, 0.3) is 5.91 Å². The number of nitrogens with zero attached hydrogens (tertiary/aromatic N) is 3. The Kier molecular flexibility index (Phi) is 8.57. The Morgan fingerprint density at radius 3 is 2.36 bits per heavy atom. The van der Waals surface area contributed by atoms with E-state index < -0.39 is 41.3 Å². The summed E-state index contributed by atoms with van der Waals surface area (Å²) in [5.41, 5.74) is 7.24. The number of hydrogen-bond acceptors (Lipinski definition) is 5. The number of fused-ring (bicyclic) bond motifs is 1. The van der Waals surface area contributed by atoms with Crippen LogP contribution in [0.15, 0.2) is 79.0 Å². The van der Waals surface area contributed by atoms with Crippen molar-refractivity contribution in [3.63, 3.8) is 0 Å². The van der Waals surface area contributed by atoms with Crippen LogP contribution in [-0.2, 0) is 11.2 Å². The van der Waals surface area contributed by atoms with Crippen molar-refractivity contribution in [1.29, 1.82) is 0 Å². The zero-order valence-electron chi connectivity index (χ0n) is 23.9. The molecule has 0 aliphatic heterocycles. The summed E-state index contributed by atoms with van der Waals surface area (Å²) in [6.07, 6.45) is 1.72. The summed E-state index contributed by atoms with van der Waals surface area (Å²) in [6, 6.07) is 15.5. The second-order valence-corrected chi connectivity index (χ2v) is 10.3. The lowest BCUT2D eigenvalue weighted by Gasteiger charge is -2.25. The number of ketones is 1. The SMILES string of the molecule is CCC(C(=O)N[C@@H](Cc1cc(F)cc(F)c1)c1ncccc1-c1ccc(F)c(C(N)=O)c1)n1nc(C(C)=O)c2ccccc21. The summed E-state index contributed by atoms with van der Waals surface area (Å²) in [7, 11) is 0. The highest BCUT2D eigenvalue weighted by molar-refractivity contribution is 6.05. The zero-order chi connectivity index (χ0) is 31.5. The Labute approximate surface area is 250 Å². The van der Waals surface area contributed by atoms with E-state index in [0.717, 1.165) is 24.3 Å². The normalized spacial score (nSPS) is 12.6. The molecule has 44 heavy (non-hydrogen) atoms. The molecular formula is C33H28F3N5O3. The van der Waals surface area contributed by atoms with Crippen molar-refractivity contribution in [3.8, 4) is 11.1 Å². The first-order chi connectivity index (χ1) is 21.1. The zero-order valence-corrected chi connectivity index (χ0v) is 23.9. The van der Waals surface area contributed by atoms with E-state index >= 15 is 0 Å². The van der Waals surface area contributed by atoms with Gasteiger partial charge in [0.05, 0.1) is 22.8 Å². The Hall–Kier alpha value is -5.32. The lowest BCUT2D eigenvalue weighted by Crippen LogP contribution is -2.37. The second kappa shape index (κ2) is 12.5. The number of primary amides is 1. The summed E-state index contributed by atoms with van der Waals surface area (Å²) in [4.78, 5) is 42.7. The van der Waals surface area contributed by atoms with Gasteiger partial charge in [0.1, 0.15) is 29.2 Å². The third-order valence-corrected chi connectivity index (χ3v) is 7.32. The van der Waals surface area contributed by atoms with Crippen LogP contribution in [0.2, 0.25) is 0 Å². The molecule has 5 aromatic rings. The first-order valence-corrected chi connectivity index (χ1v) is 13.9. The van der Waals surface area contributed by atoms with Crippen molar-refractivity contribution >= 4 is 28.5 Å². The molecule has 0 aliphatic rings. The summed E-state index contributed by atoms with van der Waals surface area (Å²) >= 11 is 0. The van der Waals surface area contributed by atoms with Gasteiger partial charge in [-0.15, -0.1) is 0 Å². The van der Waals surface area contributed by atoms with E-state index in [2.05, 4.69) is 15.4 Å². The van der Waals surface area contributed by atoms with Crippen molar-refractivity contribution in [2.24, 2.45) is 5.73 Å². The van der Waals surface area contributed by atoms with Gasteiger partial charge in [0.15, 0.2) is 5.78 Å².